The number of nitrogens with zero attached hydrogens (tertiary/aromatic N) is 3. The predicted octanol–water partition coefficient (Wildman–Crippen LogP) is 2.35. The van der Waals surface area contributed by atoms with Crippen LogP contribution in [0, 0.1) is 19.7 Å². The van der Waals surface area contributed by atoms with Crippen molar-refractivity contribution in [2.75, 3.05) is 11.4 Å². The summed E-state index contributed by atoms with van der Waals surface area (Å²) in [6.07, 6.45) is 0.332. The highest BCUT2D eigenvalue weighted by molar-refractivity contribution is 5.97. The highest BCUT2D eigenvalue weighted by Crippen LogP contribution is 2.32. The first-order chi connectivity index (χ1) is 9.54. The molecule has 0 N–H and O–H groups in total. The number of aryl methyl sites for hydroxylation is 2. The second-order valence-electron chi connectivity index (χ2n) is 5.02. The van der Waals surface area contributed by atoms with E-state index in [2.05, 4.69) is 10.1 Å². The van der Waals surface area contributed by atoms with Crippen molar-refractivity contribution in [2.24, 2.45) is 0 Å². The maximum absolute atomic E-state index is 13.1. The van der Waals surface area contributed by atoms with Crippen LogP contribution in [0.3, 0.4) is 0 Å². The first-order valence-electron chi connectivity index (χ1n) is 6.41. The van der Waals surface area contributed by atoms with Gasteiger partial charge in [0.2, 0.25) is 11.8 Å². The summed E-state index contributed by atoms with van der Waals surface area (Å²) in [7, 11) is 0. The third kappa shape index (κ3) is 2.17. The highest BCUT2D eigenvalue weighted by Gasteiger charge is 2.35. The molecule has 2 aromatic rings. The van der Waals surface area contributed by atoms with Gasteiger partial charge in [0.05, 0.1) is 5.92 Å². The van der Waals surface area contributed by atoms with Gasteiger partial charge in [0.15, 0.2) is 5.82 Å². The van der Waals surface area contributed by atoms with E-state index in [9.17, 15) is 9.18 Å². The monoisotopic (exact) mass is 275 g/mol. The molecule has 0 aliphatic carbocycles. The normalized spacial score (nSPS) is 18.9. The van der Waals surface area contributed by atoms with E-state index in [-0.39, 0.29) is 17.6 Å². The summed E-state index contributed by atoms with van der Waals surface area (Å²) in [6, 6.07) is 4.41. The molecular formula is C14H14FN3O2. The molecule has 20 heavy (non-hydrogen) atoms. The minimum Gasteiger partial charge on any atom is -0.339 e. The van der Waals surface area contributed by atoms with Crippen LogP contribution in [0.5, 0.6) is 0 Å². The fraction of sp³-hybridized carbons (Fsp3) is 0.357. The lowest BCUT2D eigenvalue weighted by Crippen LogP contribution is -2.25. The van der Waals surface area contributed by atoms with E-state index >= 15 is 0 Å². The summed E-state index contributed by atoms with van der Waals surface area (Å²) in [5.74, 6) is 0.623. The quantitative estimate of drug-likeness (QED) is 0.844. The van der Waals surface area contributed by atoms with E-state index in [1.807, 2.05) is 0 Å². The molecule has 0 spiro atoms. The molecule has 5 nitrogen and oxygen atoms in total. The molecule has 1 amide bonds. The average molecular weight is 275 g/mol. The Balaban J connectivity index is 1.87. The number of benzene rings is 1. The molecule has 1 saturated heterocycles. The van der Waals surface area contributed by atoms with E-state index in [4.69, 9.17) is 4.52 Å². The van der Waals surface area contributed by atoms with Crippen LogP contribution in [0.1, 0.15) is 29.6 Å². The summed E-state index contributed by atoms with van der Waals surface area (Å²) < 4.78 is 18.3. The topological polar surface area (TPSA) is 59.2 Å². The molecule has 2 heterocycles. The van der Waals surface area contributed by atoms with Crippen molar-refractivity contribution < 1.29 is 13.7 Å². The number of aromatic nitrogens is 2. The molecule has 1 fully saturated rings. The molecule has 1 unspecified atom stereocenters. The number of hydrogen-bond donors (Lipinski definition) is 0. The number of hydrogen-bond acceptors (Lipinski definition) is 4. The summed E-state index contributed by atoms with van der Waals surface area (Å²) in [6.45, 7) is 4.01. The maximum Gasteiger partial charge on any atom is 0.232 e. The zero-order valence-corrected chi connectivity index (χ0v) is 11.3. The van der Waals surface area contributed by atoms with E-state index in [0.717, 1.165) is 11.3 Å². The second-order valence-corrected chi connectivity index (χ2v) is 5.02. The first-order valence-corrected chi connectivity index (χ1v) is 6.41. The molecule has 1 aromatic heterocycles. The van der Waals surface area contributed by atoms with E-state index in [0.29, 0.717) is 24.7 Å². The van der Waals surface area contributed by atoms with Gasteiger partial charge < -0.3 is 9.42 Å². The van der Waals surface area contributed by atoms with Crippen LogP contribution in [0.25, 0.3) is 0 Å². The molecule has 0 bridgehead atoms. The summed E-state index contributed by atoms with van der Waals surface area (Å²) in [5.41, 5.74) is 1.47. The van der Waals surface area contributed by atoms with Crippen LogP contribution < -0.4 is 4.90 Å². The van der Waals surface area contributed by atoms with Gasteiger partial charge in [0.1, 0.15) is 5.82 Å². The Bertz CT molecular complexity index is 668. The van der Waals surface area contributed by atoms with Crippen molar-refractivity contribution in [1.82, 2.24) is 10.1 Å². The Morgan fingerprint density at radius 3 is 2.85 bits per heavy atom. The van der Waals surface area contributed by atoms with Crippen LogP contribution in [-0.2, 0) is 4.79 Å². The lowest BCUT2D eigenvalue weighted by atomic mass is 10.1. The van der Waals surface area contributed by atoms with Gasteiger partial charge in [-0.1, -0.05) is 5.16 Å². The fourth-order valence-corrected chi connectivity index (χ4v) is 2.51. The van der Waals surface area contributed by atoms with Gasteiger partial charge in [0.25, 0.3) is 0 Å². The number of amides is 1. The predicted molar refractivity (Wildman–Crippen MR) is 69.9 cm³/mol. The van der Waals surface area contributed by atoms with Crippen molar-refractivity contribution in [3.05, 3.63) is 41.3 Å². The van der Waals surface area contributed by atoms with Crippen molar-refractivity contribution >= 4 is 11.6 Å². The zero-order chi connectivity index (χ0) is 14.3. The molecule has 0 saturated carbocycles. The molecule has 0 radical (unpaired) electrons. The summed E-state index contributed by atoms with van der Waals surface area (Å²) in [4.78, 5) is 18.0. The second kappa shape index (κ2) is 4.70. The minimum atomic E-state index is -0.304. The zero-order valence-electron chi connectivity index (χ0n) is 11.3. The van der Waals surface area contributed by atoms with Crippen molar-refractivity contribution in [1.29, 1.82) is 0 Å². The number of rotatable bonds is 2. The molecule has 3 rings (SSSR count). The SMILES string of the molecule is Cc1noc(C2CC(=O)N(c3ccc(F)cc3C)C2)n1. The molecule has 6 heteroatoms. The number of anilines is 1. The van der Waals surface area contributed by atoms with Gasteiger partial charge in [-0.05, 0) is 37.6 Å². The molecular weight excluding hydrogens is 261 g/mol. The van der Waals surface area contributed by atoms with Gasteiger partial charge in [-0.2, -0.15) is 4.98 Å². The smallest absolute Gasteiger partial charge is 0.232 e. The van der Waals surface area contributed by atoms with Crippen LogP contribution >= 0.6 is 0 Å². The Morgan fingerprint density at radius 2 is 2.20 bits per heavy atom. The average Bonchev–Trinajstić information content (AvgIpc) is 2.96. The Morgan fingerprint density at radius 1 is 1.40 bits per heavy atom. The molecule has 1 aliphatic heterocycles. The van der Waals surface area contributed by atoms with Gasteiger partial charge >= 0.3 is 0 Å². The molecule has 1 aliphatic rings. The lowest BCUT2D eigenvalue weighted by Gasteiger charge is -2.18. The Labute approximate surface area is 115 Å². The minimum absolute atomic E-state index is 0.0134. The third-order valence-corrected chi connectivity index (χ3v) is 3.47. The highest BCUT2D eigenvalue weighted by atomic mass is 19.1. The van der Waals surface area contributed by atoms with E-state index in [1.165, 1.54) is 12.1 Å². The largest absolute Gasteiger partial charge is 0.339 e. The van der Waals surface area contributed by atoms with Gasteiger partial charge in [-0.3, -0.25) is 4.79 Å². The molecule has 1 atom stereocenters. The first kappa shape index (κ1) is 12.8. The van der Waals surface area contributed by atoms with Crippen molar-refractivity contribution in [3.8, 4) is 0 Å². The Kier molecular flexibility index (Phi) is 3.00. The number of halogens is 1. The Hall–Kier alpha value is -2.24. The van der Waals surface area contributed by atoms with Crippen molar-refractivity contribution in [3.63, 3.8) is 0 Å². The van der Waals surface area contributed by atoms with E-state index in [1.54, 1.807) is 24.8 Å². The lowest BCUT2D eigenvalue weighted by molar-refractivity contribution is -0.117. The van der Waals surface area contributed by atoms with Crippen LogP contribution in [-0.4, -0.2) is 22.6 Å². The van der Waals surface area contributed by atoms with E-state index < -0.39 is 0 Å². The standard InChI is InChI=1S/C14H14FN3O2/c1-8-5-11(15)3-4-12(8)18-7-10(6-13(18)19)14-16-9(2)17-20-14/h3-5,10H,6-7H2,1-2H3. The van der Waals surface area contributed by atoms with Gasteiger partial charge in [-0.25, -0.2) is 4.39 Å². The molecule has 1 aromatic carbocycles. The van der Waals surface area contributed by atoms with Gasteiger partial charge in [0, 0.05) is 18.7 Å². The maximum atomic E-state index is 13.1. The third-order valence-electron chi connectivity index (χ3n) is 3.47. The van der Waals surface area contributed by atoms with Gasteiger partial charge in [-0.15, -0.1) is 0 Å². The fourth-order valence-electron chi connectivity index (χ4n) is 2.51. The number of carbonyl (C=O) groups excluding carboxylic acids is 1. The van der Waals surface area contributed by atoms with Crippen molar-refractivity contribution in [2.45, 2.75) is 26.2 Å². The molecule has 104 valence electrons. The van der Waals surface area contributed by atoms with Crippen LogP contribution in [0.4, 0.5) is 10.1 Å². The summed E-state index contributed by atoms with van der Waals surface area (Å²) >= 11 is 0. The number of carbonyl (C=O) groups is 1. The van der Waals surface area contributed by atoms with Crippen LogP contribution in [0.15, 0.2) is 22.7 Å². The summed E-state index contributed by atoms with van der Waals surface area (Å²) in [5, 5.41) is 3.75. The van der Waals surface area contributed by atoms with Crippen LogP contribution in [0.2, 0.25) is 0 Å².